The van der Waals surface area contributed by atoms with Crippen LogP contribution in [-0.2, 0) is 22.3 Å². The molecule has 38 heavy (non-hydrogen) atoms. The summed E-state index contributed by atoms with van der Waals surface area (Å²) in [6.45, 7) is 1.27. The predicted octanol–water partition coefficient (Wildman–Crippen LogP) is 4.73. The molecule has 1 aliphatic heterocycles. The number of hydrogen-bond acceptors (Lipinski definition) is 4. The third-order valence-corrected chi connectivity index (χ3v) is 6.72. The van der Waals surface area contributed by atoms with E-state index in [0.29, 0.717) is 48.6 Å². The smallest absolute Gasteiger partial charge is 0.416 e. The van der Waals surface area contributed by atoms with E-state index >= 15 is 0 Å². The van der Waals surface area contributed by atoms with Crippen LogP contribution in [0.5, 0.6) is 0 Å². The van der Waals surface area contributed by atoms with Crippen molar-refractivity contribution >= 4 is 28.6 Å². The van der Waals surface area contributed by atoms with Gasteiger partial charge in [-0.05, 0) is 54.6 Å². The monoisotopic (exact) mass is 528 g/mol. The summed E-state index contributed by atoms with van der Waals surface area (Å²) < 4.78 is 61.0. The van der Waals surface area contributed by atoms with Gasteiger partial charge in [0, 0.05) is 43.8 Å². The first-order valence-electron chi connectivity index (χ1n) is 11.9. The standard InChI is InChI=1S/C27H24F4N4O3/c1-38-26(37)24-16-23-22(9-10-34(23)20-7-5-19(28)6-8-20)35(24)17-25(36)33-13-11-32(12-14-33)21-4-2-3-18(15-21)27(29,30)31/h2-10,15-16H,11-14,17H2,1H3. The number of esters is 1. The summed E-state index contributed by atoms with van der Waals surface area (Å²) in [5.74, 6) is -1.20. The number of carbonyl (C=O) groups excluding carboxylic acids is 2. The van der Waals surface area contributed by atoms with E-state index in [2.05, 4.69) is 0 Å². The third-order valence-electron chi connectivity index (χ3n) is 6.72. The number of aromatic nitrogens is 2. The zero-order valence-corrected chi connectivity index (χ0v) is 20.4. The van der Waals surface area contributed by atoms with Crippen LogP contribution < -0.4 is 4.90 Å². The number of nitrogens with zero attached hydrogens (tertiary/aromatic N) is 4. The second-order valence-corrected chi connectivity index (χ2v) is 8.96. The first-order valence-corrected chi connectivity index (χ1v) is 11.9. The fraction of sp³-hybridized carbons (Fsp3) is 0.259. The molecule has 1 fully saturated rings. The van der Waals surface area contributed by atoms with Crippen molar-refractivity contribution in [3.8, 4) is 5.69 Å². The molecule has 1 amide bonds. The fourth-order valence-corrected chi connectivity index (χ4v) is 4.74. The first kappa shape index (κ1) is 25.4. The molecule has 0 spiro atoms. The van der Waals surface area contributed by atoms with E-state index < -0.39 is 17.7 Å². The summed E-state index contributed by atoms with van der Waals surface area (Å²) in [7, 11) is 1.26. The van der Waals surface area contributed by atoms with Crippen molar-refractivity contribution in [3.63, 3.8) is 0 Å². The lowest BCUT2D eigenvalue weighted by Gasteiger charge is -2.36. The van der Waals surface area contributed by atoms with Gasteiger partial charge in [-0.3, -0.25) is 4.79 Å². The van der Waals surface area contributed by atoms with Gasteiger partial charge < -0.3 is 23.7 Å². The fourth-order valence-electron chi connectivity index (χ4n) is 4.74. The van der Waals surface area contributed by atoms with Crippen molar-refractivity contribution in [2.75, 3.05) is 38.2 Å². The molecule has 0 bridgehead atoms. The van der Waals surface area contributed by atoms with E-state index in [1.807, 2.05) is 4.90 Å². The van der Waals surface area contributed by atoms with Gasteiger partial charge in [-0.25, -0.2) is 9.18 Å². The van der Waals surface area contributed by atoms with Crippen molar-refractivity contribution in [2.45, 2.75) is 12.7 Å². The molecular weight excluding hydrogens is 504 g/mol. The van der Waals surface area contributed by atoms with Gasteiger partial charge >= 0.3 is 12.1 Å². The van der Waals surface area contributed by atoms with E-state index in [9.17, 15) is 27.2 Å². The van der Waals surface area contributed by atoms with Crippen molar-refractivity contribution in [1.82, 2.24) is 14.0 Å². The Bertz CT molecular complexity index is 1480. The molecule has 0 aliphatic carbocycles. The van der Waals surface area contributed by atoms with Crippen LogP contribution in [0.25, 0.3) is 16.7 Å². The van der Waals surface area contributed by atoms with Crippen LogP contribution in [0.2, 0.25) is 0 Å². The molecule has 2 aromatic heterocycles. The molecule has 3 heterocycles. The molecule has 0 unspecified atom stereocenters. The van der Waals surface area contributed by atoms with Crippen molar-refractivity contribution in [3.05, 3.63) is 83.9 Å². The summed E-state index contributed by atoms with van der Waals surface area (Å²) in [4.78, 5) is 29.2. The van der Waals surface area contributed by atoms with Crippen LogP contribution in [0.15, 0.2) is 66.9 Å². The summed E-state index contributed by atoms with van der Waals surface area (Å²) >= 11 is 0. The van der Waals surface area contributed by atoms with Gasteiger partial charge in [0.1, 0.15) is 18.1 Å². The quantitative estimate of drug-likeness (QED) is 0.278. The van der Waals surface area contributed by atoms with Gasteiger partial charge in [-0.15, -0.1) is 0 Å². The highest BCUT2D eigenvalue weighted by Crippen LogP contribution is 2.32. The minimum Gasteiger partial charge on any atom is -0.464 e. The highest BCUT2D eigenvalue weighted by Gasteiger charge is 2.31. The van der Waals surface area contributed by atoms with Crippen LogP contribution in [0.3, 0.4) is 0 Å². The molecule has 0 atom stereocenters. The number of piperazine rings is 1. The Labute approximate surface area is 215 Å². The minimum atomic E-state index is -4.43. The average Bonchev–Trinajstić information content (AvgIpc) is 3.48. The number of methoxy groups -OCH3 is 1. The van der Waals surface area contributed by atoms with Gasteiger partial charge in [-0.1, -0.05) is 6.07 Å². The van der Waals surface area contributed by atoms with Crippen molar-refractivity contribution < 1.29 is 31.9 Å². The normalized spacial score (nSPS) is 14.2. The molecule has 2 aromatic carbocycles. The van der Waals surface area contributed by atoms with E-state index in [1.165, 1.54) is 25.3 Å². The van der Waals surface area contributed by atoms with Crippen molar-refractivity contribution in [1.29, 1.82) is 0 Å². The number of anilines is 1. The Hall–Kier alpha value is -4.28. The van der Waals surface area contributed by atoms with E-state index in [0.717, 1.165) is 12.1 Å². The average molecular weight is 529 g/mol. The molecule has 7 nitrogen and oxygen atoms in total. The molecule has 4 aromatic rings. The number of carbonyl (C=O) groups is 2. The number of hydrogen-bond donors (Lipinski definition) is 0. The highest BCUT2D eigenvalue weighted by atomic mass is 19.4. The SMILES string of the molecule is COC(=O)c1cc2c(ccn2-c2ccc(F)cc2)n1CC(=O)N1CCN(c2cccc(C(F)(F)F)c2)CC1. The zero-order chi connectivity index (χ0) is 27.0. The molecule has 0 radical (unpaired) electrons. The Morgan fingerprint density at radius 3 is 2.26 bits per heavy atom. The molecule has 11 heteroatoms. The maximum absolute atomic E-state index is 13.4. The summed E-state index contributed by atoms with van der Waals surface area (Å²) in [5.41, 5.74) is 1.91. The van der Waals surface area contributed by atoms with E-state index in [1.54, 1.807) is 50.6 Å². The maximum Gasteiger partial charge on any atom is 0.416 e. The number of benzene rings is 2. The Kier molecular flexibility index (Phi) is 6.60. The minimum absolute atomic E-state index is 0.120. The number of fused-ring (bicyclic) bond motifs is 1. The van der Waals surface area contributed by atoms with E-state index in [4.69, 9.17) is 4.74 Å². The summed E-state index contributed by atoms with van der Waals surface area (Å²) in [6, 6.07) is 14.4. The predicted molar refractivity (Wildman–Crippen MR) is 133 cm³/mol. The largest absolute Gasteiger partial charge is 0.464 e. The number of amides is 1. The van der Waals surface area contributed by atoms with Crippen LogP contribution in [0.4, 0.5) is 23.2 Å². The molecule has 1 saturated heterocycles. The molecular formula is C27H24F4N4O3. The second-order valence-electron chi connectivity index (χ2n) is 8.96. The van der Waals surface area contributed by atoms with Gasteiger partial charge in [0.2, 0.25) is 5.91 Å². The first-order chi connectivity index (χ1) is 18.2. The maximum atomic E-state index is 13.4. The lowest BCUT2D eigenvalue weighted by molar-refractivity contribution is -0.137. The Morgan fingerprint density at radius 1 is 0.895 bits per heavy atom. The van der Waals surface area contributed by atoms with Gasteiger partial charge in [0.25, 0.3) is 0 Å². The lowest BCUT2D eigenvalue weighted by Crippen LogP contribution is -2.49. The number of alkyl halides is 3. The van der Waals surface area contributed by atoms with Crippen LogP contribution in [0.1, 0.15) is 16.1 Å². The van der Waals surface area contributed by atoms with Gasteiger partial charge in [0.15, 0.2) is 0 Å². The summed E-state index contributed by atoms with van der Waals surface area (Å²) in [6.07, 6.45) is -2.66. The molecule has 0 saturated carbocycles. The van der Waals surface area contributed by atoms with Crippen LogP contribution in [-0.4, -0.2) is 59.2 Å². The Balaban J connectivity index is 1.34. The number of rotatable bonds is 5. The van der Waals surface area contributed by atoms with Crippen LogP contribution >= 0.6 is 0 Å². The molecule has 0 N–H and O–H groups in total. The Morgan fingerprint density at radius 2 is 1.61 bits per heavy atom. The topological polar surface area (TPSA) is 59.7 Å². The molecule has 198 valence electrons. The number of ether oxygens (including phenoxy) is 1. The highest BCUT2D eigenvalue weighted by molar-refractivity contribution is 5.96. The zero-order valence-electron chi connectivity index (χ0n) is 20.4. The van der Waals surface area contributed by atoms with Gasteiger partial charge in [0.05, 0.1) is 23.7 Å². The van der Waals surface area contributed by atoms with Crippen molar-refractivity contribution in [2.24, 2.45) is 0 Å². The molecule has 1 aliphatic rings. The summed E-state index contributed by atoms with van der Waals surface area (Å²) in [5, 5.41) is 0. The third kappa shape index (κ3) is 4.83. The lowest BCUT2D eigenvalue weighted by atomic mass is 10.1. The number of halogens is 4. The van der Waals surface area contributed by atoms with Gasteiger partial charge in [-0.2, -0.15) is 13.2 Å². The molecule has 5 rings (SSSR count). The van der Waals surface area contributed by atoms with Crippen LogP contribution in [0, 0.1) is 5.82 Å². The van der Waals surface area contributed by atoms with E-state index in [-0.39, 0.29) is 24.0 Å². The second kappa shape index (κ2) is 9.88.